The van der Waals surface area contributed by atoms with Gasteiger partial charge in [0.05, 0.1) is 6.61 Å². The summed E-state index contributed by atoms with van der Waals surface area (Å²) in [7, 11) is 0. The smallest absolute Gasteiger partial charge is 0.356 e. The fourth-order valence-electron chi connectivity index (χ4n) is 0.952. The third-order valence-electron chi connectivity index (χ3n) is 1.55. The summed E-state index contributed by atoms with van der Waals surface area (Å²) < 4.78 is 29.8. The van der Waals surface area contributed by atoms with Gasteiger partial charge >= 0.3 is 5.97 Å². The van der Waals surface area contributed by atoms with E-state index in [9.17, 15) is 13.6 Å². The predicted molar refractivity (Wildman–Crippen MR) is 57.9 cm³/mol. The summed E-state index contributed by atoms with van der Waals surface area (Å²) in [5.41, 5.74) is -0.309. The zero-order chi connectivity index (χ0) is 11.4. The van der Waals surface area contributed by atoms with Gasteiger partial charge in [-0.15, -0.1) is 0 Å². The molecule has 0 aliphatic heterocycles. The molecule has 15 heavy (non-hydrogen) atoms. The summed E-state index contributed by atoms with van der Waals surface area (Å²) in [5, 5.41) is 0. The number of ether oxygens (including phenoxy) is 1. The molecule has 0 aliphatic rings. The van der Waals surface area contributed by atoms with E-state index in [1.54, 1.807) is 29.5 Å². The van der Waals surface area contributed by atoms with E-state index in [1.165, 1.54) is 6.07 Å². The first-order chi connectivity index (χ1) is 7.04. The summed E-state index contributed by atoms with van der Waals surface area (Å²) in [6.07, 6.45) is -2.62. The Balaban J connectivity index is 3.03. The maximum Gasteiger partial charge on any atom is 0.356 e. The Labute approximate surface area is 99.0 Å². The highest BCUT2D eigenvalue weighted by Crippen LogP contribution is 2.21. The third-order valence-corrected chi connectivity index (χ3v) is 2.11. The summed E-state index contributed by atoms with van der Waals surface area (Å²) in [4.78, 5) is 15.1. The number of rotatable bonds is 3. The van der Waals surface area contributed by atoms with Crippen molar-refractivity contribution in [2.75, 3.05) is 6.61 Å². The van der Waals surface area contributed by atoms with Crippen LogP contribution in [0.5, 0.6) is 0 Å². The lowest BCUT2D eigenvalue weighted by Crippen LogP contribution is -2.08. The molecular formula is C9H8F2INO2. The van der Waals surface area contributed by atoms with Crippen molar-refractivity contribution in [3.05, 3.63) is 27.1 Å². The average molecular weight is 327 g/mol. The lowest BCUT2D eigenvalue weighted by molar-refractivity contribution is 0.0518. The van der Waals surface area contributed by atoms with Crippen LogP contribution in [0.25, 0.3) is 0 Å². The number of halogens is 3. The number of alkyl halides is 2. The van der Waals surface area contributed by atoms with Crippen LogP contribution >= 0.6 is 22.6 Å². The van der Waals surface area contributed by atoms with E-state index in [0.29, 0.717) is 3.70 Å². The number of carbonyl (C=O) groups excluding carboxylic acids is 1. The average Bonchev–Trinajstić information content (AvgIpc) is 2.17. The molecule has 0 bridgehead atoms. The number of aromatic nitrogens is 1. The van der Waals surface area contributed by atoms with Gasteiger partial charge in [-0.05, 0) is 41.6 Å². The zero-order valence-corrected chi connectivity index (χ0v) is 9.99. The molecule has 6 heteroatoms. The van der Waals surface area contributed by atoms with Gasteiger partial charge in [0.15, 0.2) is 0 Å². The Morgan fingerprint density at radius 3 is 2.80 bits per heavy atom. The number of esters is 1. The minimum absolute atomic E-state index is 0.0842. The molecule has 0 saturated carbocycles. The molecule has 0 aliphatic carbocycles. The van der Waals surface area contributed by atoms with Crippen LogP contribution in [0, 0.1) is 3.70 Å². The largest absolute Gasteiger partial charge is 0.461 e. The van der Waals surface area contributed by atoms with Gasteiger partial charge in [0.1, 0.15) is 9.39 Å². The zero-order valence-electron chi connectivity index (χ0n) is 7.84. The molecule has 3 nitrogen and oxygen atoms in total. The molecule has 0 N–H and O–H groups in total. The van der Waals surface area contributed by atoms with Crippen molar-refractivity contribution < 1.29 is 18.3 Å². The molecule has 0 fully saturated rings. The highest BCUT2D eigenvalue weighted by atomic mass is 127. The van der Waals surface area contributed by atoms with Crippen molar-refractivity contribution in [3.63, 3.8) is 0 Å². The van der Waals surface area contributed by atoms with E-state index >= 15 is 0 Å². The number of hydrogen-bond donors (Lipinski definition) is 0. The Bertz CT molecular complexity index is 371. The van der Waals surface area contributed by atoms with Crippen LogP contribution in [0.1, 0.15) is 29.4 Å². The molecule has 0 amide bonds. The first-order valence-corrected chi connectivity index (χ1v) is 5.25. The monoisotopic (exact) mass is 327 g/mol. The standard InChI is InChI=1S/C9H8F2INO2/c1-2-15-9(14)6-3-5(8(10)11)4-7(12)13-6/h3-4,8H,2H2,1H3. The summed E-state index contributed by atoms with van der Waals surface area (Å²) >= 11 is 1.77. The van der Waals surface area contributed by atoms with Gasteiger partial charge < -0.3 is 4.74 Å². The Kier molecular flexibility index (Phi) is 4.37. The van der Waals surface area contributed by atoms with Crippen LogP contribution in [0.4, 0.5) is 8.78 Å². The van der Waals surface area contributed by atoms with Crippen LogP contribution in [0.15, 0.2) is 12.1 Å². The molecule has 1 aromatic heterocycles. The van der Waals surface area contributed by atoms with Crippen LogP contribution in [0.2, 0.25) is 0 Å². The van der Waals surface area contributed by atoms with E-state index in [4.69, 9.17) is 0 Å². The van der Waals surface area contributed by atoms with E-state index in [-0.39, 0.29) is 17.9 Å². The molecule has 1 heterocycles. The highest BCUT2D eigenvalue weighted by Gasteiger charge is 2.15. The molecular weight excluding hydrogens is 319 g/mol. The molecule has 0 unspecified atom stereocenters. The number of nitrogens with zero attached hydrogens (tertiary/aromatic N) is 1. The predicted octanol–water partition coefficient (Wildman–Crippen LogP) is 2.80. The maximum absolute atomic E-state index is 12.4. The van der Waals surface area contributed by atoms with Crippen molar-refractivity contribution in [2.45, 2.75) is 13.3 Å². The molecule has 1 aromatic rings. The third kappa shape index (κ3) is 3.37. The summed E-state index contributed by atoms with van der Waals surface area (Å²) in [5.74, 6) is -0.682. The highest BCUT2D eigenvalue weighted by molar-refractivity contribution is 14.1. The van der Waals surface area contributed by atoms with Gasteiger partial charge in [-0.25, -0.2) is 18.6 Å². The summed E-state index contributed by atoms with van der Waals surface area (Å²) in [6, 6.07) is 2.28. The number of pyridine rings is 1. The van der Waals surface area contributed by atoms with Crippen LogP contribution in [-0.2, 0) is 4.74 Å². The van der Waals surface area contributed by atoms with Crippen LogP contribution < -0.4 is 0 Å². The SMILES string of the molecule is CCOC(=O)c1cc(C(F)F)cc(I)n1. The fraction of sp³-hybridized carbons (Fsp3) is 0.333. The van der Waals surface area contributed by atoms with E-state index in [0.717, 1.165) is 6.07 Å². The topological polar surface area (TPSA) is 39.2 Å². The van der Waals surface area contributed by atoms with E-state index < -0.39 is 12.4 Å². The minimum atomic E-state index is -2.62. The molecule has 0 radical (unpaired) electrons. The molecule has 0 saturated heterocycles. The Morgan fingerprint density at radius 2 is 2.27 bits per heavy atom. The Morgan fingerprint density at radius 1 is 1.60 bits per heavy atom. The fourth-order valence-corrected chi connectivity index (χ4v) is 1.57. The van der Waals surface area contributed by atoms with Gasteiger partial charge in [-0.2, -0.15) is 0 Å². The van der Waals surface area contributed by atoms with Crippen molar-refractivity contribution in [3.8, 4) is 0 Å². The minimum Gasteiger partial charge on any atom is -0.461 e. The van der Waals surface area contributed by atoms with Gasteiger partial charge in [0, 0.05) is 5.56 Å². The Hall–Kier alpha value is -0.790. The number of carbonyl (C=O) groups is 1. The van der Waals surface area contributed by atoms with Gasteiger partial charge in [0.2, 0.25) is 0 Å². The van der Waals surface area contributed by atoms with Gasteiger partial charge in [-0.3, -0.25) is 0 Å². The van der Waals surface area contributed by atoms with Crippen molar-refractivity contribution >= 4 is 28.6 Å². The molecule has 0 atom stereocenters. The van der Waals surface area contributed by atoms with Gasteiger partial charge in [-0.1, -0.05) is 0 Å². The van der Waals surface area contributed by atoms with Crippen LogP contribution in [0.3, 0.4) is 0 Å². The quantitative estimate of drug-likeness (QED) is 0.487. The maximum atomic E-state index is 12.4. The van der Waals surface area contributed by atoms with Crippen molar-refractivity contribution in [2.24, 2.45) is 0 Å². The molecule has 0 aromatic carbocycles. The second kappa shape index (κ2) is 5.34. The normalized spacial score (nSPS) is 10.5. The second-order valence-corrected chi connectivity index (χ2v) is 3.73. The summed E-state index contributed by atoms with van der Waals surface area (Å²) in [6.45, 7) is 1.83. The number of hydrogen-bond acceptors (Lipinski definition) is 3. The first kappa shape index (κ1) is 12.3. The van der Waals surface area contributed by atoms with Crippen molar-refractivity contribution in [1.82, 2.24) is 4.98 Å². The molecule has 1 rings (SSSR count). The molecule has 0 spiro atoms. The van der Waals surface area contributed by atoms with Crippen molar-refractivity contribution in [1.29, 1.82) is 0 Å². The second-order valence-electron chi connectivity index (χ2n) is 2.63. The van der Waals surface area contributed by atoms with Gasteiger partial charge in [0.25, 0.3) is 6.43 Å². The van der Waals surface area contributed by atoms with E-state index in [2.05, 4.69) is 9.72 Å². The molecule has 82 valence electrons. The van der Waals surface area contributed by atoms with Crippen LogP contribution in [-0.4, -0.2) is 17.6 Å². The lowest BCUT2D eigenvalue weighted by Gasteiger charge is -2.04. The lowest BCUT2D eigenvalue weighted by atomic mass is 10.2. The van der Waals surface area contributed by atoms with E-state index in [1.807, 2.05) is 0 Å². The first-order valence-electron chi connectivity index (χ1n) is 4.17.